The molecule has 0 saturated carbocycles. The zero-order chi connectivity index (χ0) is 17.1. The standard InChI is InChI=1S/C9H9NO3S.C4H8N2O2/c1-6(11)10-7-2-4-8(5-3-7)13-9(12)14;1-3(7)6-2-4(5)8/h2-5H,1H3,(H,10,11)(H,12,14);2H2,1H3,(H2,5,8)(H,6,7). The van der Waals surface area contributed by atoms with E-state index in [-0.39, 0.29) is 18.4 Å². The fraction of sp³-hybridized carbons (Fsp3) is 0.231. The highest BCUT2D eigenvalue weighted by atomic mass is 32.1. The Kier molecular flexibility index (Phi) is 9.03. The quantitative estimate of drug-likeness (QED) is 0.478. The Bertz CT molecular complexity index is 496. The van der Waals surface area contributed by atoms with Crippen molar-refractivity contribution in [1.29, 1.82) is 0 Å². The predicted octanol–water partition coefficient (Wildman–Crippen LogP) is 0.681. The van der Waals surface area contributed by atoms with Crippen LogP contribution in [0.25, 0.3) is 0 Å². The van der Waals surface area contributed by atoms with Gasteiger partial charge in [-0.25, -0.2) is 4.79 Å². The van der Waals surface area contributed by atoms with Crippen LogP contribution in [-0.4, -0.2) is 29.6 Å². The van der Waals surface area contributed by atoms with Crippen molar-refractivity contribution in [2.24, 2.45) is 5.73 Å². The van der Waals surface area contributed by atoms with Gasteiger partial charge in [0.2, 0.25) is 17.7 Å². The van der Waals surface area contributed by atoms with Crippen molar-refractivity contribution in [2.45, 2.75) is 13.8 Å². The van der Waals surface area contributed by atoms with Crippen molar-refractivity contribution in [2.75, 3.05) is 11.9 Å². The van der Waals surface area contributed by atoms with Gasteiger partial charge in [0.1, 0.15) is 5.75 Å². The topological polar surface area (TPSA) is 128 Å². The number of anilines is 1. The van der Waals surface area contributed by atoms with Gasteiger partial charge in [-0.3, -0.25) is 14.4 Å². The van der Waals surface area contributed by atoms with Gasteiger partial charge in [-0.05, 0) is 24.3 Å². The molecule has 0 atom stereocenters. The summed E-state index contributed by atoms with van der Waals surface area (Å²) < 4.78 is 4.69. The van der Waals surface area contributed by atoms with Crippen molar-refractivity contribution < 1.29 is 23.9 Å². The molecule has 0 radical (unpaired) electrons. The molecule has 8 nitrogen and oxygen atoms in total. The summed E-state index contributed by atoms with van der Waals surface area (Å²) in [5.74, 6) is -0.535. The third-order valence-corrected chi connectivity index (χ3v) is 1.98. The second-order valence-corrected chi connectivity index (χ2v) is 4.31. The van der Waals surface area contributed by atoms with Gasteiger partial charge in [-0.2, -0.15) is 0 Å². The number of nitrogens with two attached hydrogens (primary N) is 1. The molecule has 0 unspecified atom stereocenters. The zero-order valence-electron chi connectivity index (χ0n) is 12.1. The monoisotopic (exact) mass is 327 g/mol. The number of primary amides is 1. The summed E-state index contributed by atoms with van der Waals surface area (Å²) in [5, 5.41) is 4.15. The Labute approximate surface area is 132 Å². The Morgan fingerprint density at radius 3 is 1.95 bits per heavy atom. The van der Waals surface area contributed by atoms with Crippen LogP contribution >= 0.6 is 12.6 Å². The highest BCUT2D eigenvalue weighted by molar-refractivity contribution is 7.96. The third-order valence-electron chi connectivity index (χ3n) is 1.89. The first-order valence-corrected chi connectivity index (χ1v) is 6.46. The average Bonchev–Trinajstić information content (AvgIpc) is 2.38. The lowest BCUT2D eigenvalue weighted by atomic mass is 10.3. The number of thiol groups is 1. The van der Waals surface area contributed by atoms with Crippen molar-refractivity contribution in [1.82, 2.24) is 5.32 Å². The van der Waals surface area contributed by atoms with Crippen molar-refractivity contribution in [3.63, 3.8) is 0 Å². The maximum absolute atomic E-state index is 10.7. The lowest BCUT2D eigenvalue weighted by Gasteiger charge is -2.03. The minimum absolute atomic E-state index is 0.0741. The lowest BCUT2D eigenvalue weighted by Crippen LogP contribution is -2.31. The number of carbonyl (C=O) groups excluding carboxylic acids is 4. The highest BCUT2D eigenvalue weighted by Gasteiger charge is 1.99. The SMILES string of the molecule is CC(=O)NCC(N)=O.CC(=O)Nc1ccc(OC(=O)S)cc1. The number of rotatable bonds is 4. The summed E-state index contributed by atoms with van der Waals surface area (Å²) in [6, 6.07) is 6.40. The first kappa shape index (κ1) is 19.4. The van der Waals surface area contributed by atoms with Crippen LogP contribution < -0.4 is 21.1 Å². The highest BCUT2D eigenvalue weighted by Crippen LogP contribution is 2.16. The molecular weight excluding hydrogens is 310 g/mol. The van der Waals surface area contributed by atoms with Crippen LogP contribution in [0.1, 0.15) is 13.8 Å². The van der Waals surface area contributed by atoms with Crippen molar-refractivity contribution in [3.8, 4) is 5.75 Å². The molecule has 0 aliphatic rings. The van der Waals surface area contributed by atoms with Crippen LogP contribution in [0.2, 0.25) is 0 Å². The zero-order valence-corrected chi connectivity index (χ0v) is 13.0. The van der Waals surface area contributed by atoms with Crippen LogP contribution in [0.5, 0.6) is 5.75 Å². The minimum Gasteiger partial charge on any atom is -0.419 e. The van der Waals surface area contributed by atoms with Gasteiger partial charge in [0.25, 0.3) is 0 Å². The predicted molar refractivity (Wildman–Crippen MR) is 83.6 cm³/mol. The van der Waals surface area contributed by atoms with E-state index in [1.165, 1.54) is 13.8 Å². The number of benzene rings is 1. The minimum atomic E-state index is -0.669. The molecule has 0 aromatic heterocycles. The molecule has 0 aliphatic carbocycles. The van der Waals surface area contributed by atoms with Gasteiger partial charge >= 0.3 is 5.30 Å². The Balaban J connectivity index is 0.000000472. The van der Waals surface area contributed by atoms with Crippen LogP contribution in [0.15, 0.2) is 24.3 Å². The van der Waals surface area contributed by atoms with E-state index in [0.29, 0.717) is 11.4 Å². The normalized spacial score (nSPS) is 8.86. The Morgan fingerprint density at radius 1 is 1.09 bits per heavy atom. The van der Waals surface area contributed by atoms with E-state index in [1.54, 1.807) is 24.3 Å². The van der Waals surface area contributed by atoms with E-state index in [4.69, 9.17) is 0 Å². The van der Waals surface area contributed by atoms with E-state index in [0.717, 1.165) is 0 Å². The van der Waals surface area contributed by atoms with Crippen LogP contribution in [0, 0.1) is 0 Å². The van der Waals surface area contributed by atoms with Gasteiger partial charge in [0.05, 0.1) is 6.54 Å². The van der Waals surface area contributed by atoms with E-state index in [1.807, 2.05) is 0 Å². The summed E-state index contributed by atoms with van der Waals surface area (Å²) in [4.78, 5) is 41.1. The second kappa shape index (κ2) is 10.2. The van der Waals surface area contributed by atoms with Gasteiger partial charge in [-0.15, -0.1) is 0 Å². The Morgan fingerprint density at radius 2 is 1.64 bits per heavy atom. The van der Waals surface area contributed by atoms with E-state index in [2.05, 4.69) is 33.7 Å². The molecular formula is C13H17N3O5S. The lowest BCUT2D eigenvalue weighted by molar-refractivity contribution is -0.123. The van der Waals surface area contributed by atoms with Crippen LogP contribution in [0.4, 0.5) is 10.5 Å². The van der Waals surface area contributed by atoms with Crippen LogP contribution in [-0.2, 0) is 14.4 Å². The first-order chi connectivity index (χ1) is 10.2. The third kappa shape index (κ3) is 11.3. The summed E-state index contributed by atoms with van der Waals surface area (Å²) in [6.45, 7) is 2.67. The van der Waals surface area contributed by atoms with Gasteiger partial charge in [0.15, 0.2) is 0 Å². The van der Waals surface area contributed by atoms with Crippen molar-refractivity contribution >= 4 is 41.3 Å². The molecule has 0 aliphatic heterocycles. The molecule has 0 bridgehead atoms. The molecule has 120 valence electrons. The van der Waals surface area contributed by atoms with Gasteiger partial charge in [-0.1, -0.05) is 12.6 Å². The molecule has 0 spiro atoms. The molecule has 1 rings (SSSR count). The molecule has 9 heteroatoms. The Hall–Kier alpha value is -2.55. The molecule has 0 fully saturated rings. The second-order valence-electron chi connectivity index (χ2n) is 3.95. The van der Waals surface area contributed by atoms with E-state index >= 15 is 0 Å². The van der Waals surface area contributed by atoms with Crippen molar-refractivity contribution in [3.05, 3.63) is 24.3 Å². The molecule has 1 aromatic carbocycles. The summed E-state index contributed by atoms with van der Waals surface area (Å²) in [7, 11) is 0. The number of ether oxygens (including phenoxy) is 1. The molecule has 3 amide bonds. The van der Waals surface area contributed by atoms with Gasteiger partial charge in [0, 0.05) is 19.5 Å². The fourth-order valence-corrected chi connectivity index (χ4v) is 1.23. The first-order valence-electron chi connectivity index (χ1n) is 6.02. The largest absolute Gasteiger partial charge is 0.419 e. The number of hydrogen-bond donors (Lipinski definition) is 4. The van der Waals surface area contributed by atoms with E-state index in [9.17, 15) is 19.2 Å². The molecule has 0 saturated heterocycles. The fourth-order valence-electron chi connectivity index (χ4n) is 1.12. The molecule has 22 heavy (non-hydrogen) atoms. The summed E-state index contributed by atoms with van der Waals surface area (Å²) in [6.07, 6.45) is 0. The average molecular weight is 327 g/mol. The molecule has 4 N–H and O–H groups in total. The van der Waals surface area contributed by atoms with E-state index < -0.39 is 11.2 Å². The molecule has 0 heterocycles. The summed E-state index contributed by atoms with van der Waals surface area (Å²) in [5.41, 5.74) is 5.34. The molecule has 1 aromatic rings. The number of carbonyl (C=O) groups is 4. The maximum Gasteiger partial charge on any atom is 0.369 e. The van der Waals surface area contributed by atoms with Crippen LogP contribution in [0.3, 0.4) is 0 Å². The number of amides is 3. The number of hydrogen-bond acceptors (Lipinski definition) is 5. The number of nitrogens with one attached hydrogen (secondary N) is 2. The summed E-state index contributed by atoms with van der Waals surface area (Å²) >= 11 is 3.46. The maximum atomic E-state index is 10.7. The van der Waals surface area contributed by atoms with Gasteiger partial charge < -0.3 is 21.1 Å². The smallest absolute Gasteiger partial charge is 0.369 e.